The van der Waals surface area contributed by atoms with Gasteiger partial charge in [0, 0.05) is 46.3 Å². The Morgan fingerprint density at radius 1 is 1.22 bits per heavy atom. The zero-order valence-corrected chi connectivity index (χ0v) is 16.0. The van der Waals surface area contributed by atoms with E-state index in [1.165, 1.54) is 10.7 Å². The van der Waals surface area contributed by atoms with Crippen LogP contribution in [0, 0.1) is 5.92 Å². The van der Waals surface area contributed by atoms with Crippen LogP contribution in [0.3, 0.4) is 0 Å². The molecule has 1 aromatic rings. The molecule has 2 saturated heterocycles. The van der Waals surface area contributed by atoms with Crippen LogP contribution in [0.15, 0.2) is 17.1 Å². The van der Waals surface area contributed by atoms with Gasteiger partial charge in [-0.1, -0.05) is 0 Å². The number of ether oxygens (including phenoxy) is 1. The minimum absolute atomic E-state index is 0.0985. The minimum atomic E-state index is -0.312. The number of likely N-dealkylation sites (tertiary alicyclic amines) is 1. The quantitative estimate of drug-likeness (QED) is 0.697. The highest BCUT2D eigenvalue weighted by Gasteiger charge is 2.32. The first-order chi connectivity index (χ1) is 13.0. The van der Waals surface area contributed by atoms with Crippen LogP contribution in [0.5, 0.6) is 0 Å². The standard InChI is InChI=1S/C18H27N5O4/c1-20(2)15-10-16(24)23(19-11-15)13-17(25)22-5-3-4-14(12-22)18(26)21-6-8-27-9-7-21/h10-11,14H,3-9,12-13H2,1-2H3. The number of nitrogens with zero attached hydrogens (tertiary/aromatic N) is 5. The van der Waals surface area contributed by atoms with E-state index in [2.05, 4.69) is 5.10 Å². The van der Waals surface area contributed by atoms with Crippen molar-refractivity contribution >= 4 is 17.5 Å². The van der Waals surface area contributed by atoms with Crippen LogP contribution in [0.4, 0.5) is 5.69 Å². The van der Waals surface area contributed by atoms with Crippen LogP contribution in [-0.2, 0) is 20.9 Å². The Labute approximate surface area is 158 Å². The Morgan fingerprint density at radius 2 is 1.96 bits per heavy atom. The summed E-state index contributed by atoms with van der Waals surface area (Å²) in [4.78, 5) is 42.8. The summed E-state index contributed by atoms with van der Waals surface area (Å²) in [7, 11) is 3.65. The summed E-state index contributed by atoms with van der Waals surface area (Å²) in [6.07, 6.45) is 3.14. The number of rotatable bonds is 4. The van der Waals surface area contributed by atoms with Crippen LogP contribution < -0.4 is 10.5 Å². The number of amides is 2. The van der Waals surface area contributed by atoms with Crippen LogP contribution >= 0.6 is 0 Å². The molecule has 3 heterocycles. The molecule has 0 bridgehead atoms. The van der Waals surface area contributed by atoms with Crippen molar-refractivity contribution in [3.8, 4) is 0 Å². The van der Waals surface area contributed by atoms with Crippen LogP contribution in [0.1, 0.15) is 12.8 Å². The van der Waals surface area contributed by atoms with Gasteiger partial charge in [-0.15, -0.1) is 0 Å². The molecule has 0 aromatic carbocycles. The van der Waals surface area contributed by atoms with Gasteiger partial charge < -0.3 is 19.4 Å². The first-order valence-electron chi connectivity index (χ1n) is 9.34. The van der Waals surface area contributed by atoms with E-state index in [1.54, 1.807) is 16.0 Å². The molecule has 0 aliphatic carbocycles. The van der Waals surface area contributed by atoms with Gasteiger partial charge in [0.05, 0.1) is 31.0 Å². The van der Waals surface area contributed by atoms with Crippen molar-refractivity contribution in [3.05, 3.63) is 22.6 Å². The normalized spacial score (nSPS) is 20.4. The highest BCUT2D eigenvalue weighted by Crippen LogP contribution is 2.20. The molecule has 9 heteroatoms. The third-order valence-corrected chi connectivity index (χ3v) is 5.10. The molecule has 0 N–H and O–H groups in total. The lowest BCUT2D eigenvalue weighted by atomic mass is 9.96. The molecule has 0 spiro atoms. The number of hydrogen-bond acceptors (Lipinski definition) is 6. The Balaban J connectivity index is 1.61. The maximum atomic E-state index is 12.7. The number of carbonyl (C=O) groups is 2. The van der Waals surface area contributed by atoms with Crippen LogP contribution in [0.2, 0.25) is 0 Å². The molecule has 1 atom stereocenters. The first-order valence-corrected chi connectivity index (χ1v) is 9.34. The van der Waals surface area contributed by atoms with Gasteiger partial charge in [0.15, 0.2) is 0 Å². The van der Waals surface area contributed by atoms with Gasteiger partial charge in [0.25, 0.3) is 5.56 Å². The number of morpholine rings is 1. The lowest BCUT2D eigenvalue weighted by Crippen LogP contribution is -2.50. The van der Waals surface area contributed by atoms with Crippen LogP contribution in [-0.4, -0.2) is 84.9 Å². The summed E-state index contributed by atoms with van der Waals surface area (Å²) in [5, 5.41) is 4.09. The summed E-state index contributed by atoms with van der Waals surface area (Å²) >= 11 is 0. The number of anilines is 1. The lowest BCUT2D eigenvalue weighted by molar-refractivity contribution is -0.144. The van der Waals surface area contributed by atoms with E-state index in [4.69, 9.17) is 4.74 Å². The molecule has 1 aromatic heterocycles. The Hall–Kier alpha value is -2.42. The summed E-state index contributed by atoms with van der Waals surface area (Å²) < 4.78 is 6.47. The van der Waals surface area contributed by atoms with Crippen molar-refractivity contribution in [3.63, 3.8) is 0 Å². The van der Waals surface area contributed by atoms with Crippen molar-refractivity contribution in [2.24, 2.45) is 5.92 Å². The monoisotopic (exact) mass is 377 g/mol. The van der Waals surface area contributed by atoms with E-state index in [0.717, 1.165) is 12.8 Å². The topological polar surface area (TPSA) is 88.0 Å². The van der Waals surface area contributed by atoms with Crippen LogP contribution in [0.25, 0.3) is 0 Å². The molecular weight excluding hydrogens is 350 g/mol. The van der Waals surface area contributed by atoms with Crippen molar-refractivity contribution in [2.45, 2.75) is 19.4 Å². The maximum absolute atomic E-state index is 12.7. The number of piperidine rings is 1. The van der Waals surface area contributed by atoms with Gasteiger partial charge in [-0.2, -0.15) is 5.10 Å². The zero-order valence-electron chi connectivity index (χ0n) is 16.0. The van der Waals surface area contributed by atoms with Crippen molar-refractivity contribution in [1.82, 2.24) is 19.6 Å². The predicted molar refractivity (Wildman–Crippen MR) is 99.5 cm³/mol. The zero-order chi connectivity index (χ0) is 19.4. The number of hydrogen-bond donors (Lipinski definition) is 0. The fourth-order valence-corrected chi connectivity index (χ4v) is 3.46. The lowest BCUT2D eigenvalue weighted by Gasteiger charge is -2.36. The second-order valence-electron chi connectivity index (χ2n) is 7.22. The summed E-state index contributed by atoms with van der Waals surface area (Å²) in [5.74, 6) is -0.260. The summed E-state index contributed by atoms with van der Waals surface area (Å²) in [6.45, 7) is 3.26. The first kappa shape index (κ1) is 19.3. The highest BCUT2D eigenvalue weighted by atomic mass is 16.5. The average Bonchev–Trinajstić information content (AvgIpc) is 2.69. The second kappa shape index (κ2) is 8.51. The van der Waals surface area contributed by atoms with Gasteiger partial charge in [-0.3, -0.25) is 14.4 Å². The molecule has 3 rings (SSSR count). The molecule has 0 radical (unpaired) electrons. The summed E-state index contributed by atoms with van der Waals surface area (Å²) in [6, 6.07) is 1.46. The molecular formula is C18H27N5O4. The fraction of sp³-hybridized carbons (Fsp3) is 0.667. The van der Waals surface area contributed by atoms with Crippen molar-refractivity contribution in [1.29, 1.82) is 0 Å². The molecule has 2 amide bonds. The molecule has 0 saturated carbocycles. The third kappa shape index (κ3) is 4.65. The Morgan fingerprint density at radius 3 is 2.63 bits per heavy atom. The van der Waals surface area contributed by atoms with Gasteiger partial charge in [0.1, 0.15) is 6.54 Å². The smallest absolute Gasteiger partial charge is 0.269 e. The Kier molecular flexibility index (Phi) is 6.10. The predicted octanol–water partition coefficient (Wildman–Crippen LogP) is -0.593. The van der Waals surface area contributed by atoms with E-state index in [1.807, 2.05) is 19.0 Å². The number of carbonyl (C=O) groups excluding carboxylic acids is 2. The van der Waals surface area contributed by atoms with Gasteiger partial charge in [0.2, 0.25) is 11.8 Å². The van der Waals surface area contributed by atoms with E-state index < -0.39 is 0 Å². The Bertz CT molecular complexity index is 742. The van der Waals surface area contributed by atoms with Gasteiger partial charge in [-0.25, -0.2) is 4.68 Å². The second-order valence-corrected chi connectivity index (χ2v) is 7.22. The summed E-state index contributed by atoms with van der Waals surface area (Å²) in [5.41, 5.74) is 0.380. The SMILES string of the molecule is CN(C)c1cnn(CC(=O)N2CCCC(C(=O)N3CCOCC3)C2)c(=O)c1. The van der Waals surface area contributed by atoms with E-state index >= 15 is 0 Å². The molecule has 2 aliphatic rings. The molecule has 148 valence electrons. The maximum Gasteiger partial charge on any atom is 0.269 e. The fourth-order valence-electron chi connectivity index (χ4n) is 3.46. The van der Waals surface area contributed by atoms with Crippen molar-refractivity contribution < 1.29 is 14.3 Å². The molecule has 27 heavy (non-hydrogen) atoms. The highest BCUT2D eigenvalue weighted by molar-refractivity contribution is 5.81. The van der Waals surface area contributed by atoms with E-state index in [0.29, 0.717) is 45.1 Å². The average molecular weight is 377 g/mol. The van der Waals surface area contributed by atoms with Gasteiger partial charge in [-0.05, 0) is 12.8 Å². The van der Waals surface area contributed by atoms with E-state index in [9.17, 15) is 14.4 Å². The molecule has 1 unspecified atom stereocenters. The largest absolute Gasteiger partial charge is 0.378 e. The van der Waals surface area contributed by atoms with Crippen molar-refractivity contribution in [2.75, 3.05) is 58.4 Å². The van der Waals surface area contributed by atoms with E-state index in [-0.39, 0.29) is 29.8 Å². The molecule has 2 aliphatic heterocycles. The molecule has 9 nitrogen and oxygen atoms in total. The third-order valence-electron chi connectivity index (χ3n) is 5.10. The number of aromatic nitrogens is 2. The van der Waals surface area contributed by atoms with Gasteiger partial charge >= 0.3 is 0 Å². The molecule has 2 fully saturated rings. The minimum Gasteiger partial charge on any atom is -0.378 e.